The van der Waals surface area contributed by atoms with Crippen molar-refractivity contribution in [2.75, 3.05) is 13.1 Å². The Balaban J connectivity index is 1.70. The maximum absolute atomic E-state index is 14.1. The second kappa shape index (κ2) is 7.07. The molecule has 0 spiro atoms. The second-order valence-electron chi connectivity index (χ2n) is 7.66. The monoisotopic (exact) mass is 474 g/mol. The van der Waals surface area contributed by atoms with Gasteiger partial charge in [-0.3, -0.25) is 4.90 Å². The van der Waals surface area contributed by atoms with Crippen LogP contribution in [0, 0.1) is 5.82 Å². The molecule has 1 fully saturated rings. The molecule has 3 aromatic rings. The lowest BCUT2D eigenvalue weighted by molar-refractivity contribution is 0.275. The zero-order valence-corrected chi connectivity index (χ0v) is 18.1. The molecule has 0 bridgehead atoms. The first-order valence-corrected chi connectivity index (χ1v) is 11.9. The van der Waals surface area contributed by atoms with E-state index in [9.17, 15) is 12.8 Å². The van der Waals surface area contributed by atoms with Gasteiger partial charge in [-0.25, -0.2) is 16.8 Å². The summed E-state index contributed by atoms with van der Waals surface area (Å²) in [6.45, 7) is 1.97. The molecule has 5 rings (SSSR count). The first kappa shape index (κ1) is 19.0. The quantitative estimate of drug-likeness (QED) is 0.534. The average molecular weight is 475 g/mol. The van der Waals surface area contributed by atoms with Gasteiger partial charge in [0.1, 0.15) is 10.7 Å². The smallest absolute Gasteiger partial charge is 0.269 e. The van der Waals surface area contributed by atoms with Crippen molar-refractivity contribution in [3.63, 3.8) is 0 Å². The van der Waals surface area contributed by atoms with Crippen molar-refractivity contribution >= 4 is 42.4 Å². The van der Waals surface area contributed by atoms with E-state index in [2.05, 4.69) is 26.9 Å². The number of nitrogens with zero attached hydrogens (tertiary/aromatic N) is 2. The Bertz CT molecular complexity index is 1250. The molecule has 0 N–H and O–H groups in total. The Labute approximate surface area is 177 Å². The van der Waals surface area contributed by atoms with Crippen LogP contribution in [0.25, 0.3) is 16.5 Å². The summed E-state index contributed by atoms with van der Waals surface area (Å²) in [7, 11) is -3.83. The molecule has 0 radical (unpaired) electrons. The van der Waals surface area contributed by atoms with Crippen LogP contribution in [0.5, 0.6) is 0 Å². The highest BCUT2D eigenvalue weighted by Crippen LogP contribution is 2.38. The topological polar surface area (TPSA) is 42.3 Å². The molecule has 1 atom stereocenters. The number of aromatic nitrogens is 1. The lowest BCUT2D eigenvalue weighted by atomic mass is 9.94. The Morgan fingerprint density at radius 2 is 1.97 bits per heavy atom. The maximum atomic E-state index is 14.1. The highest BCUT2D eigenvalue weighted by atomic mass is 79.9. The van der Waals surface area contributed by atoms with Gasteiger partial charge in [-0.2, -0.15) is 0 Å². The zero-order valence-electron chi connectivity index (χ0n) is 15.7. The summed E-state index contributed by atoms with van der Waals surface area (Å²) in [5.41, 5.74) is 2.40. The van der Waals surface area contributed by atoms with Gasteiger partial charge in [0.25, 0.3) is 10.0 Å². The Morgan fingerprint density at radius 1 is 1.14 bits per heavy atom. The van der Waals surface area contributed by atoms with Crippen LogP contribution in [-0.2, 0) is 10.0 Å². The number of fused-ring (bicyclic) bond motifs is 2. The fraction of sp³-hybridized carbons (Fsp3) is 0.273. The van der Waals surface area contributed by atoms with Crippen molar-refractivity contribution in [3.05, 3.63) is 70.6 Å². The van der Waals surface area contributed by atoms with Crippen LogP contribution < -0.4 is 0 Å². The molecular formula is C22H20BrFN2O2S. The second-order valence-corrected chi connectivity index (χ2v) is 10.3. The molecule has 150 valence electrons. The third-order valence-corrected chi connectivity index (χ3v) is 8.66. The van der Waals surface area contributed by atoms with Gasteiger partial charge in [0, 0.05) is 34.2 Å². The van der Waals surface area contributed by atoms with Crippen molar-refractivity contribution in [3.8, 4) is 0 Å². The summed E-state index contributed by atoms with van der Waals surface area (Å²) in [5.74, 6) is -0.367. The van der Waals surface area contributed by atoms with Crippen molar-refractivity contribution < 1.29 is 12.8 Å². The molecule has 4 nitrogen and oxygen atoms in total. The van der Waals surface area contributed by atoms with E-state index in [4.69, 9.17) is 0 Å². The molecule has 2 aromatic carbocycles. The molecule has 29 heavy (non-hydrogen) atoms. The summed E-state index contributed by atoms with van der Waals surface area (Å²) in [4.78, 5) is 2.65. The van der Waals surface area contributed by atoms with Crippen molar-refractivity contribution in [1.82, 2.24) is 8.87 Å². The Morgan fingerprint density at radius 3 is 2.79 bits per heavy atom. The highest BCUT2D eigenvalue weighted by Gasteiger charge is 2.30. The van der Waals surface area contributed by atoms with Crippen LogP contribution in [0.4, 0.5) is 4.39 Å². The number of benzene rings is 2. The van der Waals surface area contributed by atoms with E-state index in [1.165, 1.54) is 22.5 Å². The molecule has 0 amide bonds. The van der Waals surface area contributed by atoms with Crippen LogP contribution in [0.2, 0.25) is 0 Å². The minimum atomic E-state index is -3.83. The molecule has 1 saturated heterocycles. The van der Waals surface area contributed by atoms with Gasteiger partial charge in [-0.1, -0.05) is 18.2 Å². The minimum Gasteiger partial charge on any atom is -0.296 e. The first-order valence-electron chi connectivity index (χ1n) is 9.69. The molecule has 0 unspecified atom stereocenters. The van der Waals surface area contributed by atoms with Crippen LogP contribution in [-0.4, -0.2) is 36.4 Å². The molecule has 3 heterocycles. The fourth-order valence-corrected chi connectivity index (χ4v) is 6.88. The standard InChI is InChI=1S/C22H20BrFN2O2S/c23-20-5-1-2-6-22(20)29(27,28)26-14-19(18-13-16(24)7-8-21(18)26)15-9-11-25-10-3-4-17(25)12-15/h1-2,5-9,13-14,17H,3-4,10-12H2/t17-/m0/s1. The number of halogens is 2. The summed E-state index contributed by atoms with van der Waals surface area (Å²) in [6, 6.07) is 11.5. The van der Waals surface area contributed by atoms with Crippen LogP contribution in [0.1, 0.15) is 24.8 Å². The van der Waals surface area contributed by atoms with E-state index in [0.29, 0.717) is 21.4 Å². The normalized spacial score (nSPS) is 20.1. The number of hydrogen-bond acceptors (Lipinski definition) is 3. The van der Waals surface area contributed by atoms with E-state index in [1.807, 2.05) is 0 Å². The highest BCUT2D eigenvalue weighted by molar-refractivity contribution is 9.10. The average Bonchev–Trinajstić information content (AvgIpc) is 3.32. The van der Waals surface area contributed by atoms with Crippen molar-refractivity contribution in [2.45, 2.75) is 30.2 Å². The molecule has 0 aliphatic carbocycles. The summed E-state index contributed by atoms with van der Waals surface area (Å²) >= 11 is 3.35. The van der Waals surface area contributed by atoms with Crippen LogP contribution >= 0.6 is 15.9 Å². The van der Waals surface area contributed by atoms with Crippen LogP contribution in [0.15, 0.2) is 64.1 Å². The van der Waals surface area contributed by atoms with Gasteiger partial charge < -0.3 is 0 Å². The van der Waals surface area contributed by atoms with Gasteiger partial charge in [0.2, 0.25) is 0 Å². The van der Waals surface area contributed by atoms with Gasteiger partial charge in [0.05, 0.1) is 5.52 Å². The summed E-state index contributed by atoms with van der Waals surface area (Å²) in [6.07, 6.45) is 7.04. The fourth-order valence-electron chi connectivity index (χ4n) is 4.54. The molecule has 7 heteroatoms. The van der Waals surface area contributed by atoms with E-state index in [1.54, 1.807) is 36.5 Å². The molecule has 0 saturated carbocycles. The molecule has 2 aliphatic rings. The minimum absolute atomic E-state index is 0.187. The van der Waals surface area contributed by atoms with Crippen molar-refractivity contribution in [1.29, 1.82) is 0 Å². The lowest BCUT2D eigenvalue weighted by Gasteiger charge is -2.29. The van der Waals surface area contributed by atoms with Crippen LogP contribution in [0.3, 0.4) is 0 Å². The number of hydrogen-bond donors (Lipinski definition) is 0. The summed E-state index contributed by atoms with van der Waals surface area (Å²) < 4.78 is 42.8. The third-order valence-electron chi connectivity index (χ3n) is 5.98. The van der Waals surface area contributed by atoms with Gasteiger partial charge in [-0.05, 0) is 77.6 Å². The predicted molar refractivity (Wildman–Crippen MR) is 116 cm³/mol. The van der Waals surface area contributed by atoms with E-state index >= 15 is 0 Å². The molecule has 2 aliphatic heterocycles. The zero-order chi connectivity index (χ0) is 20.2. The maximum Gasteiger partial charge on any atom is 0.269 e. The summed E-state index contributed by atoms with van der Waals surface area (Å²) in [5, 5.41) is 0.637. The lowest BCUT2D eigenvalue weighted by Crippen LogP contribution is -2.32. The van der Waals surface area contributed by atoms with E-state index < -0.39 is 10.0 Å². The van der Waals surface area contributed by atoms with Gasteiger partial charge in [0.15, 0.2) is 0 Å². The van der Waals surface area contributed by atoms with E-state index in [0.717, 1.165) is 37.1 Å². The Hall–Kier alpha value is -1.96. The SMILES string of the molecule is O=S(=O)(c1ccccc1Br)n1cc(C2=CCN3CCC[C@H]3C2)c2cc(F)ccc21. The molecular weight excluding hydrogens is 455 g/mol. The predicted octanol–water partition coefficient (Wildman–Crippen LogP) is 5.03. The van der Waals surface area contributed by atoms with Gasteiger partial charge in [-0.15, -0.1) is 0 Å². The third kappa shape index (κ3) is 3.16. The number of rotatable bonds is 3. The largest absolute Gasteiger partial charge is 0.296 e. The first-order chi connectivity index (χ1) is 13.9. The van der Waals surface area contributed by atoms with Gasteiger partial charge >= 0.3 is 0 Å². The van der Waals surface area contributed by atoms with Crippen molar-refractivity contribution in [2.24, 2.45) is 0 Å². The Kier molecular flexibility index (Phi) is 4.64. The van der Waals surface area contributed by atoms with E-state index in [-0.39, 0.29) is 10.7 Å². The molecule has 1 aromatic heterocycles.